The van der Waals surface area contributed by atoms with Gasteiger partial charge in [0.25, 0.3) is 0 Å². The maximum absolute atomic E-state index is 12.2. The zero-order valence-electron chi connectivity index (χ0n) is 13.2. The lowest BCUT2D eigenvalue weighted by Crippen LogP contribution is -2.43. The average molecular weight is 318 g/mol. The molecule has 0 bridgehead atoms. The Morgan fingerprint density at radius 1 is 1.26 bits per heavy atom. The Bertz CT molecular complexity index is 594. The summed E-state index contributed by atoms with van der Waals surface area (Å²) in [5.41, 5.74) is 1.13. The van der Waals surface area contributed by atoms with Crippen molar-refractivity contribution >= 4 is 23.5 Å². The van der Waals surface area contributed by atoms with E-state index in [9.17, 15) is 14.4 Å². The highest BCUT2D eigenvalue weighted by molar-refractivity contribution is 5.97. The molecule has 0 saturated heterocycles. The van der Waals surface area contributed by atoms with Crippen molar-refractivity contribution in [2.45, 2.75) is 45.1 Å². The number of amides is 2. The minimum Gasteiger partial charge on any atom is -0.481 e. The molecule has 23 heavy (non-hydrogen) atoms. The van der Waals surface area contributed by atoms with Gasteiger partial charge in [-0.05, 0) is 37.5 Å². The summed E-state index contributed by atoms with van der Waals surface area (Å²) >= 11 is 0. The smallest absolute Gasteiger partial charge is 0.307 e. The Balaban J connectivity index is 1.90. The first-order chi connectivity index (χ1) is 11.0. The first-order valence-electron chi connectivity index (χ1n) is 7.87. The largest absolute Gasteiger partial charge is 0.481 e. The topological polar surface area (TPSA) is 95.5 Å². The molecule has 1 fully saturated rings. The van der Waals surface area contributed by atoms with Gasteiger partial charge in [-0.3, -0.25) is 14.4 Å². The molecule has 2 rings (SSSR count). The van der Waals surface area contributed by atoms with E-state index in [0.29, 0.717) is 11.3 Å². The van der Waals surface area contributed by atoms with Gasteiger partial charge >= 0.3 is 5.97 Å². The molecule has 6 heteroatoms. The summed E-state index contributed by atoms with van der Waals surface area (Å²) in [6.07, 6.45) is 3.80. The van der Waals surface area contributed by atoms with Crippen molar-refractivity contribution in [3.05, 3.63) is 29.8 Å². The maximum atomic E-state index is 12.2. The van der Waals surface area contributed by atoms with Gasteiger partial charge in [-0.2, -0.15) is 0 Å². The molecule has 1 aromatic rings. The van der Waals surface area contributed by atoms with E-state index in [1.165, 1.54) is 0 Å². The Morgan fingerprint density at radius 2 is 1.96 bits per heavy atom. The van der Waals surface area contributed by atoms with Crippen LogP contribution in [0.1, 0.15) is 38.2 Å². The monoisotopic (exact) mass is 318 g/mol. The molecule has 0 heterocycles. The fraction of sp³-hybridized carbons (Fsp3) is 0.471. The summed E-state index contributed by atoms with van der Waals surface area (Å²) in [6.45, 7) is 1.64. The van der Waals surface area contributed by atoms with Crippen LogP contribution in [0.25, 0.3) is 0 Å². The number of nitrogens with one attached hydrogen (secondary N) is 2. The van der Waals surface area contributed by atoms with Gasteiger partial charge in [0.2, 0.25) is 11.8 Å². The van der Waals surface area contributed by atoms with Gasteiger partial charge in [-0.25, -0.2) is 0 Å². The maximum Gasteiger partial charge on any atom is 0.307 e. The molecule has 3 N–H and O–H groups in total. The van der Waals surface area contributed by atoms with Gasteiger partial charge in [-0.1, -0.05) is 25.0 Å². The molecule has 0 spiro atoms. The standard InChI is InChI=1S/C17H22N2O4/c1-11(18-17(23)13-6-2-3-7-13)16(22)19-14-8-4-5-12(9-14)10-15(20)21/h4-5,8-9,11,13H,2-3,6-7,10H2,1H3,(H,18,23)(H,19,22)(H,20,21). The SMILES string of the molecule is CC(NC(=O)C1CCCC1)C(=O)Nc1cccc(CC(=O)O)c1. The molecular weight excluding hydrogens is 296 g/mol. The van der Waals surface area contributed by atoms with Crippen LogP contribution < -0.4 is 10.6 Å². The van der Waals surface area contributed by atoms with E-state index in [1.54, 1.807) is 31.2 Å². The van der Waals surface area contributed by atoms with Gasteiger partial charge in [0.1, 0.15) is 6.04 Å². The molecule has 1 saturated carbocycles. The van der Waals surface area contributed by atoms with Crippen LogP contribution in [0.15, 0.2) is 24.3 Å². The number of hydrogen-bond donors (Lipinski definition) is 3. The molecule has 0 aliphatic heterocycles. The molecule has 1 atom stereocenters. The summed E-state index contributed by atoms with van der Waals surface area (Å²) in [7, 11) is 0. The number of benzene rings is 1. The molecule has 1 aliphatic carbocycles. The summed E-state index contributed by atoms with van der Waals surface area (Å²) in [5, 5.41) is 14.2. The number of carboxylic acids is 1. The first-order valence-corrected chi connectivity index (χ1v) is 7.87. The normalized spacial score (nSPS) is 15.9. The fourth-order valence-corrected chi connectivity index (χ4v) is 2.77. The zero-order valence-corrected chi connectivity index (χ0v) is 13.2. The van der Waals surface area contributed by atoms with Crippen LogP contribution in [-0.2, 0) is 20.8 Å². The molecule has 1 aliphatic rings. The van der Waals surface area contributed by atoms with Crippen molar-refractivity contribution in [2.75, 3.05) is 5.32 Å². The zero-order chi connectivity index (χ0) is 16.8. The van der Waals surface area contributed by atoms with Crippen LogP contribution in [-0.4, -0.2) is 28.9 Å². The molecule has 1 aromatic carbocycles. The van der Waals surface area contributed by atoms with Crippen LogP contribution in [0.3, 0.4) is 0 Å². The van der Waals surface area contributed by atoms with Crippen molar-refractivity contribution in [3.8, 4) is 0 Å². The van der Waals surface area contributed by atoms with Gasteiger partial charge in [0, 0.05) is 11.6 Å². The molecule has 2 amide bonds. The molecular formula is C17H22N2O4. The predicted octanol–water partition coefficient (Wildman–Crippen LogP) is 1.95. The highest BCUT2D eigenvalue weighted by Gasteiger charge is 2.25. The van der Waals surface area contributed by atoms with Crippen LogP contribution in [0.5, 0.6) is 0 Å². The summed E-state index contributed by atoms with van der Waals surface area (Å²) in [6, 6.07) is 6.06. The van der Waals surface area contributed by atoms with Gasteiger partial charge in [-0.15, -0.1) is 0 Å². The number of aliphatic carboxylic acids is 1. The minimum absolute atomic E-state index is 0.0177. The van der Waals surface area contributed by atoms with Crippen molar-refractivity contribution in [3.63, 3.8) is 0 Å². The van der Waals surface area contributed by atoms with E-state index in [1.807, 2.05) is 0 Å². The van der Waals surface area contributed by atoms with Crippen molar-refractivity contribution in [1.29, 1.82) is 0 Å². The van der Waals surface area contributed by atoms with E-state index in [-0.39, 0.29) is 24.2 Å². The highest BCUT2D eigenvalue weighted by Crippen LogP contribution is 2.24. The van der Waals surface area contributed by atoms with Gasteiger partial charge in [0.05, 0.1) is 6.42 Å². The van der Waals surface area contributed by atoms with Gasteiger partial charge in [0.15, 0.2) is 0 Å². The third kappa shape index (κ3) is 5.09. The molecule has 0 radical (unpaired) electrons. The Hall–Kier alpha value is -2.37. The number of anilines is 1. The second-order valence-corrected chi connectivity index (χ2v) is 5.97. The fourth-order valence-electron chi connectivity index (χ4n) is 2.77. The minimum atomic E-state index is -0.925. The highest BCUT2D eigenvalue weighted by atomic mass is 16.4. The van der Waals surface area contributed by atoms with E-state index >= 15 is 0 Å². The van der Waals surface area contributed by atoms with Gasteiger partial charge < -0.3 is 15.7 Å². The average Bonchev–Trinajstić information content (AvgIpc) is 3.01. The van der Waals surface area contributed by atoms with E-state index < -0.39 is 12.0 Å². The molecule has 1 unspecified atom stereocenters. The molecule has 124 valence electrons. The first kappa shape index (κ1) is 17.0. The van der Waals surface area contributed by atoms with Crippen LogP contribution in [0.2, 0.25) is 0 Å². The second kappa shape index (κ2) is 7.76. The lowest BCUT2D eigenvalue weighted by Gasteiger charge is -2.17. The number of carbonyl (C=O) groups is 3. The second-order valence-electron chi connectivity index (χ2n) is 5.97. The number of hydrogen-bond acceptors (Lipinski definition) is 3. The van der Waals surface area contributed by atoms with E-state index in [2.05, 4.69) is 10.6 Å². The Kier molecular flexibility index (Phi) is 5.73. The third-order valence-corrected chi connectivity index (χ3v) is 4.03. The summed E-state index contributed by atoms with van der Waals surface area (Å²) in [4.78, 5) is 34.9. The van der Waals surface area contributed by atoms with Crippen LogP contribution >= 0.6 is 0 Å². The summed E-state index contributed by atoms with van der Waals surface area (Å²) < 4.78 is 0. The number of rotatable bonds is 6. The molecule has 6 nitrogen and oxygen atoms in total. The third-order valence-electron chi connectivity index (χ3n) is 4.03. The summed E-state index contributed by atoms with van der Waals surface area (Å²) in [5.74, 6) is -1.29. The van der Waals surface area contributed by atoms with E-state index in [0.717, 1.165) is 25.7 Å². The lowest BCUT2D eigenvalue weighted by molar-refractivity contribution is -0.136. The quantitative estimate of drug-likeness (QED) is 0.747. The van der Waals surface area contributed by atoms with Crippen LogP contribution in [0.4, 0.5) is 5.69 Å². The Morgan fingerprint density at radius 3 is 2.61 bits per heavy atom. The predicted molar refractivity (Wildman–Crippen MR) is 86.0 cm³/mol. The van der Waals surface area contributed by atoms with Crippen molar-refractivity contribution < 1.29 is 19.5 Å². The number of carbonyl (C=O) groups excluding carboxylic acids is 2. The van der Waals surface area contributed by atoms with Crippen molar-refractivity contribution in [2.24, 2.45) is 5.92 Å². The lowest BCUT2D eigenvalue weighted by atomic mass is 10.1. The molecule has 0 aromatic heterocycles. The van der Waals surface area contributed by atoms with E-state index in [4.69, 9.17) is 5.11 Å². The van der Waals surface area contributed by atoms with Crippen LogP contribution in [0, 0.1) is 5.92 Å². The number of carboxylic acid groups (broad SMARTS) is 1. The van der Waals surface area contributed by atoms with Crippen molar-refractivity contribution in [1.82, 2.24) is 5.32 Å². The Labute approximate surface area is 135 Å².